The number of rotatable bonds is 4. The first-order valence-electron chi connectivity index (χ1n) is 4.17. The third-order valence-electron chi connectivity index (χ3n) is 1.97. The van der Waals surface area contributed by atoms with E-state index in [4.69, 9.17) is 18.9 Å². The van der Waals surface area contributed by atoms with E-state index in [0.29, 0.717) is 13.0 Å². The van der Waals surface area contributed by atoms with Crippen LogP contribution in [0.1, 0.15) is 6.42 Å². The standard InChI is InChI=1S/C6H14BO5P/c1-10-3-5-4(12-13(8)9)2-6(7)11-5/h4-6,13H,2-3,7H2,1H3,(H,8,9)/t4?,5-,6-/m1/s1. The van der Waals surface area contributed by atoms with Crippen LogP contribution < -0.4 is 0 Å². The van der Waals surface area contributed by atoms with Crippen molar-refractivity contribution in [3.05, 3.63) is 0 Å². The second-order valence-electron chi connectivity index (χ2n) is 3.10. The van der Waals surface area contributed by atoms with E-state index in [1.165, 1.54) is 0 Å². The highest BCUT2D eigenvalue weighted by Crippen LogP contribution is 2.29. The predicted octanol–water partition coefficient (Wildman–Crippen LogP) is -0.852. The number of ether oxygens (including phenoxy) is 2. The first kappa shape index (κ1) is 11.2. The summed E-state index contributed by atoms with van der Waals surface area (Å²) in [5.74, 6) is 0. The van der Waals surface area contributed by atoms with Crippen molar-refractivity contribution >= 4 is 16.1 Å². The van der Waals surface area contributed by atoms with Gasteiger partial charge in [0.1, 0.15) is 14.0 Å². The molecule has 1 aliphatic rings. The van der Waals surface area contributed by atoms with Crippen LogP contribution in [0.25, 0.3) is 0 Å². The van der Waals surface area contributed by atoms with E-state index in [-0.39, 0.29) is 18.2 Å². The zero-order valence-electron chi connectivity index (χ0n) is 7.73. The van der Waals surface area contributed by atoms with Gasteiger partial charge in [-0.3, -0.25) is 4.57 Å². The molecule has 5 nitrogen and oxygen atoms in total. The molecule has 0 aromatic heterocycles. The number of methoxy groups -OCH3 is 1. The van der Waals surface area contributed by atoms with Gasteiger partial charge in [-0.2, -0.15) is 0 Å². The highest BCUT2D eigenvalue weighted by atomic mass is 31.1. The van der Waals surface area contributed by atoms with Crippen molar-refractivity contribution in [1.82, 2.24) is 0 Å². The molecule has 0 aromatic carbocycles. The maximum absolute atomic E-state index is 10.5. The van der Waals surface area contributed by atoms with Crippen molar-refractivity contribution in [2.75, 3.05) is 13.7 Å². The average molecular weight is 208 g/mol. The zero-order valence-corrected chi connectivity index (χ0v) is 8.73. The molecule has 2 unspecified atom stereocenters. The van der Waals surface area contributed by atoms with Gasteiger partial charge in [-0.15, -0.1) is 0 Å². The molecule has 13 heavy (non-hydrogen) atoms. The summed E-state index contributed by atoms with van der Waals surface area (Å²) < 4.78 is 25.7. The first-order valence-corrected chi connectivity index (χ1v) is 5.44. The first-order chi connectivity index (χ1) is 6.13. The molecule has 0 bridgehead atoms. The van der Waals surface area contributed by atoms with Crippen molar-refractivity contribution in [2.24, 2.45) is 0 Å². The van der Waals surface area contributed by atoms with Crippen LogP contribution in [0.3, 0.4) is 0 Å². The largest absolute Gasteiger partial charge is 0.382 e. The molecule has 0 spiro atoms. The van der Waals surface area contributed by atoms with Crippen LogP contribution in [0.15, 0.2) is 0 Å². The summed E-state index contributed by atoms with van der Waals surface area (Å²) in [5, 5.41) is 0. The van der Waals surface area contributed by atoms with Crippen LogP contribution in [0.5, 0.6) is 0 Å². The summed E-state index contributed by atoms with van der Waals surface area (Å²) in [6.45, 7) is 0.393. The summed E-state index contributed by atoms with van der Waals surface area (Å²) in [4.78, 5) is 8.61. The molecular weight excluding hydrogens is 194 g/mol. The van der Waals surface area contributed by atoms with E-state index in [0.717, 1.165) is 0 Å². The van der Waals surface area contributed by atoms with E-state index in [2.05, 4.69) is 0 Å². The van der Waals surface area contributed by atoms with Gasteiger partial charge in [-0.1, -0.05) is 0 Å². The molecule has 76 valence electrons. The summed E-state index contributed by atoms with van der Waals surface area (Å²) in [6, 6.07) is 0.0616. The molecule has 0 saturated carbocycles. The van der Waals surface area contributed by atoms with Gasteiger partial charge in [-0.25, -0.2) is 0 Å². The lowest BCUT2D eigenvalue weighted by atomic mass is 9.96. The Morgan fingerprint density at radius 2 is 2.46 bits per heavy atom. The Labute approximate surface area is 78.7 Å². The van der Waals surface area contributed by atoms with Gasteiger partial charge >= 0.3 is 8.25 Å². The van der Waals surface area contributed by atoms with Gasteiger partial charge in [-0.05, 0) is 6.42 Å². The molecule has 1 rings (SSSR count). The monoisotopic (exact) mass is 208 g/mol. The molecule has 1 fully saturated rings. The van der Waals surface area contributed by atoms with E-state index in [9.17, 15) is 4.57 Å². The Balaban J connectivity index is 2.45. The van der Waals surface area contributed by atoms with E-state index in [1.54, 1.807) is 7.11 Å². The van der Waals surface area contributed by atoms with Gasteiger partial charge in [0.05, 0.1) is 12.7 Å². The smallest absolute Gasteiger partial charge is 0.316 e. The van der Waals surface area contributed by atoms with E-state index in [1.807, 2.05) is 7.85 Å². The fourth-order valence-corrected chi connectivity index (χ4v) is 1.99. The highest BCUT2D eigenvalue weighted by Gasteiger charge is 2.34. The molecular formula is C6H14BO5P. The fraction of sp³-hybridized carbons (Fsp3) is 1.00. The van der Waals surface area contributed by atoms with Crippen molar-refractivity contribution in [1.29, 1.82) is 0 Å². The maximum Gasteiger partial charge on any atom is 0.316 e. The van der Waals surface area contributed by atoms with Crippen molar-refractivity contribution in [3.8, 4) is 0 Å². The Morgan fingerprint density at radius 3 is 3.00 bits per heavy atom. The minimum atomic E-state index is -2.88. The lowest BCUT2D eigenvalue weighted by molar-refractivity contribution is -0.0109. The molecule has 1 N–H and O–H groups in total. The minimum Gasteiger partial charge on any atom is -0.382 e. The van der Waals surface area contributed by atoms with E-state index >= 15 is 0 Å². The fourth-order valence-electron chi connectivity index (χ4n) is 1.48. The lowest BCUT2D eigenvalue weighted by Crippen LogP contribution is -2.27. The van der Waals surface area contributed by atoms with Crippen LogP contribution in [0.2, 0.25) is 0 Å². The molecule has 0 aliphatic carbocycles. The number of hydrogen-bond acceptors (Lipinski definition) is 4. The molecule has 7 heteroatoms. The second-order valence-corrected chi connectivity index (χ2v) is 3.87. The molecule has 4 atom stereocenters. The van der Waals surface area contributed by atoms with Crippen LogP contribution >= 0.6 is 8.25 Å². The summed E-state index contributed by atoms with van der Waals surface area (Å²) in [6.07, 6.45) is 0.109. The van der Waals surface area contributed by atoms with Gasteiger partial charge in [0.15, 0.2) is 0 Å². The van der Waals surface area contributed by atoms with Gasteiger partial charge < -0.3 is 18.9 Å². The van der Waals surface area contributed by atoms with Crippen molar-refractivity contribution < 1.29 is 23.5 Å². The maximum atomic E-state index is 10.5. The summed E-state index contributed by atoms with van der Waals surface area (Å²) in [7, 11) is 0.588. The molecule has 1 heterocycles. The highest BCUT2D eigenvalue weighted by molar-refractivity contribution is 7.32. The summed E-state index contributed by atoms with van der Waals surface area (Å²) >= 11 is 0. The SMILES string of the molecule is B[C@H]1CC(O[PH](=O)O)[C@@H](COC)O1. The van der Waals surface area contributed by atoms with Crippen LogP contribution in [-0.2, 0) is 18.6 Å². The van der Waals surface area contributed by atoms with Gasteiger partial charge in [0.25, 0.3) is 0 Å². The Hall–Kier alpha value is 0.135. The van der Waals surface area contributed by atoms with Crippen LogP contribution in [0.4, 0.5) is 0 Å². The molecule has 0 amide bonds. The average Bonchev–Trinajstić information content (AvgIpc) is 2.31. The molecule has 0 radical (unpaired) electrons. The van der Waals surface area contributed by atoms with Gasteiger partial charge in [0.2, 0.25) is 0 Å². The van der Waals surface area contributed by atoms with Crippen molar-refractivity contribution in [2.45, 2.75) is 24.6 Å². The second kappa shape index (κ2) is 5.12. The Morgan fingerprint density at radius 1 is 1.77 bits per heavy atom. The van der Waals surface area contributed by atoms with Gasteiger partial charge in [0, 0.05) is 13.1 Å². The Bertz CT molecular complexity index is 190. The minimum absolute atomic E-state index is 0.0616. The molecule has 1 saturated heterocycles. The topological polar surface area (TPSA) is 65.0 Å². The zero-order chi connectivity index (χ0) is 9.84. The lowest BCUT2D eigenvalue weighted by Gasteiger charge is -2.16. The normalized spacial score (nSPS) is 36.3. The van der Waals surface area contributed by atoms with Crippen LogP contribution in [0, 0.1) is 0 Å². The number of hydrogen-bond donors (Lipinski definition) is 1. The summed E-state index contributed by atoms with van der Waals surface area (Å²) in [5.41, 5.74) is 0. The molecule has 1 aliphatic heterocycles. The van der Waals surface area contributed by atoms with Crippen LogP contribution in [-0.4, -0.2) is 44.7 Å². The van der Waals surface area contributed by atoms with Crippen molar-refractivity contribution in [3.63, 3.8) is 0 Å². The third kappa shape index (κ3) is 3.40. The Kier molecular flexibility index (Phi) is 4.42. The van der Waals surface area contributed by atoms with E-state index < -0.39 is 8.25 Å². The molecule has 0 aromatic rings. The predicted molar refractivity (Wildman–Crippen MR) is 49.8 cm³/mol. The third-order valence-corrected chi connectivity index (χ3v) is 2.47. The quantitative estimate of drug-likeness (QED) is 0.481.